The van der Waals surface area contributed by atoms with E-state index < -0.39 is 0 Å². The summed E-state index contributed by atoms with van der Waals surface area (Å²) < 4.78 is 10.1. The molecule has 1 aliphatic rings. The Morgan fingerprint density at radius 2 is 2.28 bits per heavy atom. The number of amides is 1. The highest BCUT2D eigenvalue weighted by Gasteiger charge is 2.24. The maximum absolute atomic E-state index is 12.1. The number of hydrogen-bond donors (Lipinski definition) is 1. The monoisotopic (exact) mass is 339 g/mol. The van der Waals surface area contributed by atoms with Crippen molar-refractivity contribution >= 4 is 34.2 Å². The fourth-order valence-electron chi connectivity index (χ4n) is 3.09. The van der Waals surface area contributed by atoms with Gasteiger partial charge in [-0.3, -0.25) is 4.79 Å². The minimum Gasteiger partial charge on any atom is -0.375 e. The summed E-state index contributed by atoms with van der Waals surface area (Å²) in [6, 6.07) is 5.90. The molecule has 3 heterocycles. The molecule has 0 unspecified atom stereocenters. The molecule has 0 saturated heterocycles. The summed E-state index contributed by atoms with van der Waals surface area (Å²) in [5.74, 6) is 0.619. The van der Waals surface area contributed by atoms with Crippen LogP contribution in [0.4, 0.5) is 17.2 Å². The molecule has 0 spiro atoms. The number of fused-ring (bicyclic) bond motifs is 2. The van der Waals surface area contributed by atoms with Crippen LogP contribution in [-0.4, -0.2) is 41.3 Å². The molecule has 2 aromatic heterocycles. The lowest BCUT2D eigenvalue weighted by atomic mass is 10.1. The van der Waals surface area contributed by atoms with Gasteiger partial charge in [-0.05, 0) is 37.1 Å². The van der Waals surface area contributed by atoms with Crippen molar-refractivity contribution < 1.29 is 14.1 Å². The average Bonchev–Trinajstić information content (AvgIpc) is 3.19. The van der Waals surface area contributed by atoms with Crippen molar-refractivity contribution in [3.63, 3.8) is 0 Å². The highest BCUT2D eigenvalue weighted by Crippen LogP contribution is 2.32. The summed E-state index contributed by atoms with van der Waals surface area (Å²) in [5.41, 5.74) is 4.12. The maximum atomic E-state index is 12.1. The van der Waals surface area contributed by atoms with Crippen LogP contribution in [-0.2, 0) is 16.0 Å². The summed E-state index contributed by atoms with van der Waals surface area (Å²) in [6.07, 6.45) is 2.25. The Bertz CT molecular complexity index is 953. The van der Waals surface area contributed by atoms with E-state index in [0.717, 1.165) is 34.4 Å². The molecule has 0 radical (unpaired) electrons. The van der Waals surface area contributed by atoms with Gasteiger partial charge in [-0.2, -0.15) is 4.98 Å². The summed E-state index contributed by atoms with van der Waals surface area (Å²) in [5, 5.41) is 7.99. The number of ether oxygens (including phenoxy) is 1. The smallest absolute Gasteiger partial charge is 0.263 e. The van der Waals surface area contributed by atoms with Crippen LogP contribution in [0.25, 0.3) is 11.1 Å². The van der Waals surface area contributed by atoms with E-state index in [1.54, 1.807) is 4.90 Å². The fraction of sp³-hybridized carbons (Fsp3) is 0.294. The Morgan fingerprint density at radius 3 is 3.12 bits per heavy atom. The average molecular weight is 339 g/mol. The van der Waals surface area contributed by atoms with Gasteiger partial charge < -0.3 is 19.5 Å². The zero-order valence-corrected chi connectivity index (χ0v) is 13.9. The standard InChI is InChI=1S/C17H17N5O3/c1-10-15-16(18-9-19-17(15)25-21-10)20-12-3-4-13-11(7-12)5-6-22(13)14(23)8-24-2/h3-4,7,9H,5-6,8H2,1-2H3,(H,18,19,20). The van der Waals surface area contributed by atoms with Gasteiger partial charge in [0.05, 0.1) is 5.69 Å². The first-order valence-electron chi connectivity index (χ1n) is 7.93. The van der Waals surface area contributed by atoms with Gasteiger partial charge in [0.1, 0.15) is 24.1 Å². The molecule has 1 amide bonds. The van der Waals surface area contributed by atoms with Gasteiger partial charge in [-0.15, -0.1) is 0 Å². The van der Waals surface area contributed by atoms with E-state index in [2.05, 4.69) is 20.4 Å². The second-order valence-corrected chi connectivity index (χ2v) is 5.87. The number of hydrogen-bond acceptors (Lipinski definition) is 7. The number of carbonyl (C=O) groups is 1. The third-order valence-electron chi connectivity index (χ3n) is 4.25. The number of nitrogens with one attached hydrogen (secondary N) is 1. The maximum Gasteiger partial charge on any atom is 0.263 e. The fourth-order valence-corrected chi connectivity index (χ4v) is 3.09. The van der Waals surface area contributed by atoms with Crippen molar-refractivity contribution in [3.8, 4) is 0 Å². The Balaban J connectivity index is 1.63. The molecule has 3 aromatic rings. The first kappa shape index (κ1) is 15.5. The van der Waals surface area contributed by atoms with Crippen LogP contribution in [0.15, 0.2) is 29.0 Å². The number of aryl methyl sites for hydroxylation is 1. The van der Waals surface area contributed by atoms with Crippen molar-refractivity contribution in [3.05, 3.63) is 35.8 Å². The lowest BCUT2D eigenvalue weighted by molar-refractivity contribution is -0.122. The molecule has 8 heteroatoms. The first-order valence-corrected chi connectivity index (χ1v) is 7.93. The number of anilines is 3. The number of methoxy groups -OCH3 is 1. The molecule has 1 aromatic carbocycles. The molecule has 1 N–H and O–H groups in total. The Morgan fingerprint density at radius 1 is 1.40 bits per heavy atom. The molecule has 25 heavy (non-hydrogen) atoms. The zero-order valence-electron chi connectivity index (χ0n) is 13.9. The topological polar surface area (TPSA) is 93.4 Å². The molecule has 4 rings (SSSR count). The van der Waals surface area contributed by atoms with Crippen molar-refractivity contribution in [2.45, 2.75) is 13.3 Å². The molecule has 1 aliphatic heterocycles. The van der Waals surface area contributed by atoms with E-state index in [9.17, 15) is 4.79 Å². The third-order valence-corrected chi connectivity index (χ3v) is 4.25. The van der Waals surface area contributed by atoms with Crippen molar-refractivity contribution in [1.29, 1.82) is 0 Å². The van der Waals surface area contributed by atoms with Crippen LogP contribution in [0.5, 0.6) is 0 Å². The number of aromatic nitrogens is 3. The van der Waals surface area contributed by atoms with Crippen LogP contribution in [0.1, 0.15) is 11.3 Å². The molecular formula is C17H17N5O3. The first-order chi connectivity index (χ1) is 12.2. The molecule has 0 fully saturated rings. The second-order valence-electron chi connectivity index (χ2n) is 5.87. The number of rotatable bonds is 4. The largest absolute Gasteiger partial charge is 0.375 e. The summed E-state index contributed by atoms with van der Waals surface area (Å²) >= 11 is 0. The van der Waals surface area contributed by atoms with E-state index >= 15 is 0 Å². The van der Waals surface area contributed by atoms with Gasteiger partial charge >= 0.3 is 0 Å². The summed E-state index contributed by atoms with van der Waals surface area (Å²) in [4.78, 5) is 22.2. The van der Waals surface area contributed by atoms with Gasteiger partial charge in [0, 0.05) is 25.0 Å². The summed E-state index contributed by atoms with van der Waals surface area (Å²) in [7, 11) is 1.52. The highest BCUT2D eigenvalue weighted by molar-refractivity contribution is 5.97. The van der Waals surface area contributed by atoms with Crippen molar-refractivity contribution in [2.75, 3.05) is 30.5 Å². The molecule has 0 atom stereocenters. The van der Waals surface area contributed by atoms with E-state index in [4.69, 9.17) is 9.26 Å². The van der Waals surface area contributed by atoms with E-state index in [1.807, 2.05) is 25.1 Å². The third kappa shape index (κ3) is 2.70. The van der Waals surface area contributed by atoms with E-state index in [-0.39, 0.29) is 12.5 Å². The molecule has 0 aliphatic carbocycles. The van der Waals surface area contributed by atoms with Crippen LogP contribution >= 0.6 is 0 Å². The minimum absolute atomic E-state index is 0.0282. The lowest BCUT2D eigenvalue weighted by Crippen LogP contribution is -2.31. The molecule has 8 nitrogen and oxygen atoms in total. The zero-order chi connectivity index (χ0) is 17.4. The van der Waals surface area contributed by atoms with Crippen LogP contribution < -0.4 is 10.2 Å². The highest BCUT2D eigenvalue weighted by atomic mass is 16.5. The summed E-state index contributed by atoms with van der Waals surface area (Å²) in [6.45, 7) is 2.61. The van der Waals surface area contributed by atoms with Crippen LogP contribution in [0.2, 0.25) is 0 Å². The van der Waals surface area contributed by atoms with Gasteiger partial charge in [0.25, 0.3) is 11.6 Å². The molecule has 0 bridgehead atoms. The Labute approximate surface area is 143 Å². The van der Waals surface area contributed by atoms with E-state index in [0.29, 0.717) is 18.1 Å². The van der Waals surface area contributed by atoms with Crippen LogP contribution in [0.3, 0.4) is 0 Å². The number of carbonyl (C=O) groups excluding carboxylic acids is 1. The molecule has 0 saturated carbocycles. The predicted molar refractivity (Wildman–Crippen MR) is 92.0 cm³/mol. The van der Waals surface area contributed by atoms with Crippen molar-refractivity contribution in [2.24, 2.45) is 0 Å². The van der Waals surface area contributed by atoms with Gasteiger partial charge in [-0.1, -0.05) is 5.16 Å². The normalized spacial score (nSPS) is 13.3. The number of nitrogens with zero attached hydrogens (tertiary/aromatic N) is 4. The Hall–Kier alpha value is -3.00. The van der Waals surface area contributed by atoms with Gasteiger partial charge in [0.2, 0.25) is 0 Å². The van der Waals surface area contributed by atoms with Gasteiger partial charge in [-0.25, -0.2) is 4.98 Å². The van der Waals surface area contributed by atoms with Gasteiger partial charge in [0.15, 0.2) is 0 Å². The minimum atomic E-state index is -0.0282. The van der Waals surface area contributed by atoms with Crippen LogP contribution in [0, 0.1) is 6.92 Å². The molecule has 128 valence electrons. The number of benzene rings is 1. The van der Waals surface area contributed by atoms with Crippen molar-refractivity contribution in [1.82, 2.24) is 15.1 Å². The Kier molecular flexibility index (Phi) is 3.81. The molecular weight excluding hydrogens is 322 g/mol. The van der Waals surface area contributed by atoms with E-state index in [1.165, 1.54) is 13.4 Å². The quantitative estimate of drug-likeness (QED) is 0.779. The predicted octanol–water partition coefficient (Wildman–Crippen LogP) is 2.21. The SMILES string of the molecule is COCC(=O)N1CCc2cc(Nc3ncnc4onc(C)c34)ccc21. The lowest BCUT2D eigenvalue weighted by Gasteiger charge is -2.17. The second kappa shape index (κ2) is 6.14.